The summed E-state index contributed by atoms with van der Waals surface area (Å²) < 4.78 is 28.0. The number of rotatable bonds is 4. The van der Waals surface area contributed by atoms with Gasteiger partial charge in [-0.25, -0.2) is 13.2 Å². The van der Waals surface area contributed by atoms with Gasteiger partial charge in [-0.15, -0.1) is 0 Å². The minimum atomic E-state index is -3.88. The molecule has 0 aliphatic rings. The van der Waals surface area contributed by atoms with E-state index >= 15 is 0 Å². The SMILES string of the molecule is Cc1cc(C)c(S(=O)(=O)Nc2c(C)cccc2C)cc1C(=O)O. The number of carboxylic acid groups (broad SMARTS) is 1. The number of aryl methyl sites for hydroxylation is 4. The van der Waals surface area contributed by atoms with Crippen LogP contribution in [-0.4, -0.2) is 19.5 Å². The van der Waals surface area contributed by atoms with Crippen molar-refractivity contribution in [1.29, 1.82) is 0 Å². The molecular weight excluding hydrogens is 314 g/mol. The molecule has 23 heavy (non-hydrogen) atoms. The molecule has 6 heteroatoms. The van der Waals surface area contributed by atoms with E-state index in [4.69, 9.17) is 0 Å². The van der Waals surface area contributed by atoms with E-state index in [-0.39, 0.29) is 10.5 Å². The zero-order valence-corrected chi connectivity index (χ0v) is 14.3. The summed E-state index contributed by atoms with van der Waals surface area (Å²) in [4.78, 5) is 11.2. The topological polar surface area (TPSA) is 83.5 Å². The fourth-order valence-electron chi connectivity index (χ4n) is 2.52. The van der Waals surface area contributed by atoms with Crippen molar-refractivity contribution in [2.24, 2.45) is 0 Å². The second kappa shape index (κ2) is 6.04. The van der Waals surface area contributed by atoms with Gasteiger partial charge >= 0.3 is 5.97 Å². The average molecular weight is 333 g/mol. The normalized spacial score (nSPS) is 11.3. The van der Waals surface area contributed by atoms with Crippen LogP contribution in [0.4, 0.5) is 5.69 Å². The van der Waals surface area contributed by atoms with E-state index in [9.17, 15) is 18.3 Å². The number of aromatic carboxylic acids is 1. The highest BCUT2D eigenvalue weighted by Crippen LogP contribution is 2.26. The van der Waals surface area contributed by atoms with Gasteiger partial charge in [-0.05, 0) is 56.0 Å². The molecule has 0 saturated carbocycles. The smallest absolute Gasteiger partial charge is 0.335 e. The molecule has 0 radical (unpaired) electrons. The van der Waals surface area contributed by atoms with Crippen LogP contribution in [0.15, 0.2) is 35.2 Å². The third-order valence-electron chi connectivity index (χ3n) is 3.76. The van der Waals surface area contributed by atoms with Gasteiger partial charge in [0.1, 0.15) is 0 Å². The standard InChI is InChI=1S/C17H19NO4S/c1-10-6-5-7-11(2)16(10)18-23(21,22)15-9-14(17(19)20)12(3)8-13(15)4/h5-9,18H,1-4H3,(H,19,20). The molecule has 0 unspecified atom stereocenters. The molecule has 122 valence electrons. The quantitative estimate of drug-likeness (QED) is 0.898. The van der Waals surface area contributed by atoms with Crippen LogP contribution >= 0.6 is 0 Å². The molecule has 0 saturated heterocycles. The second-order valence-corrected chi connectivity index (χ2v) is 7.26. The molecule has 2 aromatic rings. The van der Waals surface area contributed by atoms with Gasteiger partial charge in [-0.1, -0.05) is 24.3 Å². The molecule has 2 rings (SSSR count). The maximum Gasteiger partial charge on any atom is 0.335 e. The van der Waals surface area contributed by atoms with Crippen molar-refractivity contribution in [2.75, 3.05) is 4.72 Å². The van der Waals surface area contributed by atoms with E-state index < -0.39 is 16.0 Å². The molecule has 0 fully saturated rings. The van der Waals surface area contributed by atoms with Gasteiger partial charge in [-0.2, -0.15) is 0 Å². The van der Waals surface area contributed by atoms with Crippen LogP contribution in [0, 0.1) is 27.7 Å². The Kier molecular flexibility index (Phi) is 4.47. The fourth-order valence-corrected chi connectivity index (χ4v) is 3.97. The van der Waals surface area contributed by atoms with E-state index in [1.165, 1.54) is 6.07 Å². The van der Waals surface area contributed by atoms with Crippen molar-refractivity contribution in [3.05, 3.63) is 58.1 Å². The van der Waals surface area contributed by atoms with Crippen molar-refractivity contribution < 1.29 is 18.3 Å². The lowest BCUT2D eigenvalue weighted by Gasteiger charge is -2.15. The van der Waals surface area contributed by atoms with Gasteiger partial charge in [0.2, 0.25) is 0 Å². The Morgan fingerprint density at radius 3 is 2.04 bits per heavy atom. The first-order chi connectivity index (χ1) is 10.6. The Balaban J connectivity index is 2.57. The predicted molar refractivity (Wildman–Crippen MR) is 89.6 cm³/mol. The molecular formula is C17H19NO4S. The lowest BCUT2D eigenvalue weighted by atomic mass is 10.1. The number of hydrogen-bond acceptors (Lipinski definition) is 3. The van der Waals surface area contributed by atoms with Crippen LogP contribution in [0.1, 0.15) is 32.6 Å². The minimum absolute atomic E-state index is 0.0162. The first-order valence-corrected chi connectivity index (χ1v) is 8.55. The van der Waals surface area contributed by atoms with Gasteiger partial charge in [0, 0.05) is 0 Å². The largest absolute Gasteiger partial charge is 0.478 e. The lowest BCUT2D eigenvalue weighted by Crippen LogP contribution is -2.17. The van der Waals surface area contributed by atoms with Crippen molar-refractivity contribution in [1.82, 2.24) is 0 Å². The van der Waals surface area contributed by atoms with Gasteiger partial charge in [0.25, 0.3) is 10.0 Å². The lowest BCUT2D eigenvalue weighted by molar-refractivity contribution is 0.0696. The Labute approximate surface area is 136 Å². The predicted octanol–water partition coefficient (Wildman–Crippen LogP) is 3.42. The van der Waals surface area contributed by atoms with Gasteiger partial charge in [-0.3, -0.25) is 4.72 Å². The van der Waals surface area contributed by atoms with Crippen molar-refractivity contribution >= 4 is 21.7 Å². The number of sulfonamides is 1. The summed E-state index contributed by atoms with van der Waals surface area (Å²) in [5.74, 6) is -1.15. The van der Waals surface area contributed by atoms with Gasteiger partial charge < -0.3 is 5.11 Å². The molecule has 0 heterocycles. The molecule has 0 aliphatic carbocycles. The third-order valence-corrected chi connectivity index (χ3v) is 5.25. The number of para-hydroxylation sites is 1. The number of hydrogen-bond donors (Lipinski definition) is 2. The van der Waals surface area contributed by atoms with Gasteiger partial charge in [0.15, 0.2) is 0 Å². The molecule has 0 atom stereocenters. The summed E-state index contributed by atoms with van der Waals surface area (Å²) in [6.45, 7) is 6.93. The zero-order valence-electron chi connectivity index (χ0n) is 13.5. The molecule has 0 bridgehead atoms. The zero-order chi connectivity index (χ0) is 17.4. The number of carbonyl (C=O) groups is 1. The number of anilines is 1. The summed E-state index contributed by atoms with van der Waals surface area (Å²) in [6, 6.07) is 8.26. The highest BCUT2D eigenvalue weighted by atomic mass is 32.2. The Morgan fingerprint density at radius 1 is 0.957 bits per heavy atom. The summed E-state index contributed by atoms with van der Waals surface area (Å²) >= 11 is 0. The van der Waals surface area contributed by atoms with Crippen LogP contribution < -0.4 is 4.72 Å². The highest BCUT2D eigenvalue weighted by molar-refractivity contribution is 7.92. The number of nitrogens with one attached hydrogen (secondary N) is 1. The average Bonchev–Trinajstić information content (AvgIpc) is 2.42. The molecule has 0 aromatic heterocycles. The van der Waals surface area contributed by atoms with Crippen molar-refractivity contribution in [3.8, 4) is 0 Å². The second-order valence-electron chi connectivity index (χ2n) is 5.61. The summed E-state index contributed by atoms with van der Waals surface area (Å²) in [6.07, 6.45) is 0. The number of benzene rings is 2. The van der Waals surface area contributed by atoms with E-state index in [1.807, 2.05) is 32.0 Å². The van der Waals surface area contributed by atoms with Gasteiger partial charge in [0.05, 0.1) is 16.1 Å². The molecule has 5 nitrogen and oxygen atoms in total. The summed E-state index contributed by atoms with van der Waals surface area (Å²) in [5.41, 5.74) is 3.14. The van der Waals surface area contributed by atoms with Crippen molar-refractivity contribution in [3.63, 3.8) is 0 Å². The Hall–Kier alpha value is -2.34. The fraction of sp³-hybridized carbons (Fsp3) is 0.235. The molecule has 2 aromatic carbocycles. The molecule has 0 spiro atoms. The molecule has 0 amide bonds. The van der Waals surface area contributed by atoms with Crippen LogP contribution in [-0.2, 0) is 10.0 Å². The maximum absolute atomic E-state index is 12.7. The minimum Gasteiger partial charge on any atom is -0.478 e. The van der Waals surface area contributed by atoms with E-state index in [2.05, 4.69) is 4.72 Å². The summed E-state index contributed by atoms with van der Waals surface area (Å²) in [5, 5.41) is 9.21. The first kappa shape index (κ1) is 17.0. The van der Waals surface area contributed by atoms with E-state index in [1.54, 1.807) is 19.9 Å². The monoisotopic (exact) mass is 333 g/mol. The van der Waals surface area contributed by atoms with Crippen molar-refractivity contribution in [2.45, 2.75) is 32.6 Å². The number of carboxylic acids is 1. The molecule has 2 N–H and O–H groups in total. The Bertz CT molecular complexity index is 865. The Morgan fingerprint density at radius 2 is 1.52 bits per heavy atom. The van der Waals surface area contributed by atoms with Crippen LogP contribution in [0.5, 0.6) is 0 Å². The van der Waals surface area contributed by atoms with Crippen LogP contribution in [0.3, 0.4) is 0 Å². The highest BCUT2D eigenvalue weighted by Gasteiger charge is 2.22. The maximum atomic E-state index is 12.7. The summed E-state index contributed by atoms with van der Waals surface area (Å²) in [7, 11) is -3.88. The third kappa shape index (κ3) is 3.37. The first-order valence-electron chi connectivity index (χ1n) is 7.07. The van der Waals surface area contributed by atoms with E-state index in [0.717, 1.165) is 11.1 Å². The van der Waals surface area contributed by atoms with Crippen LogP contribution in [0.25, 0.3) is 0 Å². The van der Waals surface area contributed by atoms with E-state index in [0.29, 0.717) is 16.8 Å². The molecule has 0 aliphatic heterocycles. The van der Waals surface area contributed by atoms with Crippen LogP contribution in [0.2, 0.25) is 0 Å².